The van der Waals surface area contributed by atoms with Crippen LogP contribution in [0.4, 0.5) is 20.6 Å². The van der Waals surface area contributed by atoms with Gasteiger partial charge >= 0.3 is 6.03 Å². The highest BCUT2D eigenvalue weighted by atomic mass is 32.2. The van der Waals surface area contributed by atoms with Crippen LogP contribution in [-0.4, -0.2) is 69.0 Å². The zero-order valence-electron chi connectivity index (χ0n) is 20.2. The molecule has 2 atom stereocenters. The van der Waals surface area contributed by atoms with Gasteiger partial charge in [-0.25, -0.2) is 22.3 Å². The summed E-state index contributed by atoms with van der Waals surface area (Å²) in [5, 5.41) is 2.22. The molecule has 1 unspecified atom stereocenters. The molecule has 2 amide bonds. The molecule has 0 aliphatic carbocycles. The number of morpholine rings is 1. The Morgan fingerprint density at radius 2 is 1.79 bits per heavy atom. The van der Waals surface area contributed by atoms with Crippen molar-refractivity contribution in [3.05, 3.63) is 23.5 Å². The molecule has 186 valence electrons. The van der Waals surface area contributed by atoms with E-state index in [0.29, 0.717) is 51.0 Å². The second-order valence-corrected chi connectivity index (χ2v) is 11.6. The molecule has 8 nitrogen and oxygen atoms in total. The Labute approximate surface area is 196 Å². The van der Waals surface area contributed by atoms with Crippen LogP contribution in [0.15, 0.2) is 12.1 Å². The van der Waals surface area contributed by atoms with Crippen LogP contribution in [0.2, 0.25) is 0 Å². The minimum Gasteiger partial charge on any atom is -0.372 e. The molecule has 2 fully saturated rings. The van der Waals surface area contributed by atoms with E-state index in [1.165, 1.54) is 0 Å². The first-order chi connectivity index (χ1) is 15.5. The van der Waals surface area contributed by atoms with Crippen LogP contribution >= 0.6 is 0 Å². The minimum absolute atomic E-state index is 0.0637. The number of benzene rings is 1. The molecular weight excluding hydrogens is 447 g/mol. The maximum Gasteiger partial charge on any atom is 0.321 e. The number of carbonyl (C=O) groups excluding carboxylic acids is 1. The van der Waals surface area contributed by atoms with Crippen LogP contribution in [0.25, 0.3) is 0 Å². The molecule has 2 aliphatic rings. The number of rotatable bonds is 6. The van der Waals surface area contributed by atoms with Gasteiger partial charge in [-0.2, -0.15) is 0 Å². The van der Waals surface area contributed by atoms with E-state index < -0.39 is 21.1 Å². The Hall–Kier alpha value is -1.91. The maximum atomic E-state index is 15.4. The van der Waals surface area contributed by atoms with Gasteiger partial charge in [-0.15, -0.1) is 0 Å². The summed E-state index contributed by atoms with van der Waals surface area (Å²) in [4.78, 5) is 16.5. The van der Waals surface area contributed by atoms with Crippen LogP contribution in [0, 0.1) is 5.82 Å². The lowest BCUT2D eigenvalue weighted by atomic mass is 10.0. The van der Waals surface area contributed by atoms with E-state index in [2.05, 4.69) is 14.9 Å². The Morgan fingerprint density at radius 3 is 2.33 bits per heavy atom. The van der Waals surface area contributed by atoms with Crippen molar-refractivity contribution in [1.82, 2.24) is 9.62 Å². The monoisotopic (exact) mass is 484 g/mol. The number of nitrogens with zero attached hydrogens (tertiary/aromatic N) is 2. The number of nitrogens with one attached hydrogen (secondary N) is 2. The number of ether oxygens (including phenoxy) is 1. The standard InChI is InChI=1S/C23H37FN4O4S/c1-6-19-21(28-13-16(4)32-17(5)14-28)8-7-20(22(19)24)25-23(29)27-11-9-18(10-12-27)26-33(30,31)15(2)3/h7-8,15-18,26H,6,9-14H2,1-5H3,(H,25,29)/t16-,17?/m1/s1. The summed E-state index contributed by atoms with van der Waals surface area (Å²) in [7, 11) is -3.35. The number of sulfonamides is 1. The van der Waals surface area contributed by atoms with E-state index in [9.17, 15) is 13.2 Å². The normalized spacial score (nSPS) is 22.6. The predicted octanol–water partition coefficient (Wildman–Crippen LogP) is 3.33. The fourth-order valence-corrected chi connectivity index (χ4v) is 5.45. The highest BCUT2D eigenvalue weighted by Crippen LogP contribution is 2.31. The molecule has 0 saturated carbocycles. The van der Waals surface area contributed by atoms with Gasteiger partial charge < -0.3 is 19.9 Å². The summed E-state index contributed by atoms with van der Waals surface area (Å²) in [6.07, 6.45) is 1.68. The lowest BCUT2D eigenvalue weighted by molar-refractivity contribution is -0.00527. The number of urea groups is 1. The van der Waals surface area contributed by atoms with Crippen LogP contribution in [0.1, 0.15) is 53.0 Å². The maximum absolute atomic E-state index is 15.4. The van der Waals surface area contributed by atoms with Gasteiger partial charge in [0.1, 0.15) is 0 Å². The van der Waals surface area contributed by atoms with Crippen molar-refractivity contribution in [2.24, 2.45) is 0 Å². The summed E-state index contributed by atoms with van der Waals surface area (Å²) in [6, 6.07) is 2.93. The number of anilines is 2. The van der Waals surface area contributed by atoms with Gasteiger partial charge in [0.25, 0.3) is 0 Å². The Balaban J connectivity index is 1.65. The number of likely N-dealkylation sites (tertiary alicyclic amines) is 1. The summed E-state index contributed by atoms with van der Waals surface area (Å²) in [6.45, 7) is 11.4. The lowest BCUT2D eigenvalue weighted by Gasteiger charge is -2.38. The SMILES string of the molecule is CCc1c(N2CC(C)O[C@H](C)C2)ccc(NC(=O)N2CCC(NS(=O)(=O)C(C)C)CC2)c1F. The second-order valence-electron chi connectivity index (χ2n) is 9.34. The first kappa shape index (κ1) is 25.7. The van der Waals surface area contributed by atoms with Crippen molar-refractivity contribution in [3.8, 4) is 0 Å². The summed E-state index contributed by atoms with van der Waals surface area (Å²) in [5.41, 5.74) is 1.58. The number of hydrogen-bond acceptors (Lipinski definition) is 5. The first-order valence-electron chi connectivity index (χ1n) is 11.8. The smallest absolute Gasteiger partial charge is 0.321 e. The minimum atomic E-state index is -3.35. The fraction of sp³-hybridized carbons (Fsp3) is 0.696. The van der Waals surface area contributed by atoms with Crippen LogP contribution < -0.4 is 14.9 Å². The molecule has 0 radical (unpaired) electrons. The number of carbonyl (C=O) groups is 1. The largest absolute Gasteiger partial charge is 0.372 e. The van der Waals surface area contributed by atoms with E-state index in [0.717, 1.165) is 5.69 Å². The summed E-state index contributed by atoms with van der Waals surface area (Å²) >= 11 is 0. The number of hydrogen-bond donors (Lipinski definition) is 2. The molecule has 1 aromatic carbocycles. The van der Waals surface area contributed by atoms with Crippen LogP contribution in [0.5, 0.6) is 0 Å². The average molecular weight is 485 g/mol. The Kier molecular flexibility index (Phi) is 8.23. The first-order valence-corrected chi connectivity index (χ1v) is 13.3. The topological polar surface area (TPSA) is 91.0 Å². The molecule has 3 rings (SSSR count). The van der Waals surface area contributed by atoms with Crippen molar-refractivity contribution < 1.29 is 22.3 Å². The molecule has 2 saturated heterocycles. The van der Waals surface area contributed by atoms with Gasteiger partial charge in [0.15, 0.2) is 5.82 Å². The Bertz CT molecular complexity index is 938. The van der Waals surface area contributed by atoms with Gasteiger partial charge in [0, 0.05) is 43.5 Å². The molecule has 0 aromatic heterocycles. The molecule has 2 heterocycles. The van der Waals surface area contributed by atoms with E-state index >= 15 is 4.39 Å². The Morgan fingerprint density at radius 1 is 1.18 bits per heavy atom. The highest BCUT2D eigenvalue weighted by Gasteiger charge is 2.29. The van der Waals surface area contributed by atoms with Gasteiger partial charge in [-0.1, -0.05) is 6.92 Å². The lowest BCUT2D eigenvalue weighted by Crippen LogP contribution is -2.48. The molecule has 1 aromatic rings. The molecule has 10 heteroatoms. The second kappa shape index (κ2) is 10.6. The summed E-state index contributed by atoms with van der Waals surface area (Å²) in [5.74, 6) is -0.408. The summed E-state index contributed by atoms with van der Waals surface area (Å²) < 4.78 is 48.0. The molecule has 0 bridgehead atoms. The van der Waals surface area contributed by atoms with Crippen molar-refractivity contribution in [2.45, 2.75) is 77.4 Å². The van der Waals surface area contributed by atoms with Crippen LogP contribution in [-0.2, 0) is 21.2 Å². The van der Waals surface area contributed by atoms with Crippen LogP contribution in [0.3, 0.4) is 0 Å². The van der Waals surface area contributed by atoms with E-state index in [1.54, 1.807) is 24.8 Å². The van der Waals surface area contributed by atoms with Gasteiger partial charge in [0.2, 0.25) is 10.0 Å². The molecule has 33 heavy (non-hydrogen) atoms. The predicted molar refractivity (Wildman–Crippen MR) is 129 cm³/mol. The molecule has 2 aliphatic heterocycles. The zero-order valence-corrected chi connectivity index (χ0v) is 21.0. The van der Waals surface area contributed by atoms with Crippen molar-refractivity contribution in [3.63, 3.8) is 0 Å². The molecule has 2 N–H and O–H groups in total. The van der Waals surface area contributed by atoms with Crippen molar-refractivity contribution in [1.29, 1.82) is 0 Å². The van der Waals surface area contributed by atoms with E-state index in [1.807, 2.05) is 26.8 Å². The van der Waals surface area contributed by atoms with Gasteiger partial charge in [0.05, 0.1) is 23.1 Å². The quantitative estimate of drug-likeness (QED) is 0.646. The molecular formula is C23H37FN4O4S. The third-order valence-corrected chi connectivity index (χ3v) is 8.21. The van der Waals surface area contributed by atoms with Gasteiger partial charge in [-0.3, -0.25) is 0 Å². The zero-order chi connectivity index (χ0) is 24.3. The van der Waals surface area contributed by atoms with Crippen molar-refractivity contribution in [2.75, 3.05) is 36.4 Å². The van der Waals surface area contributed by atoms with E-state index in [4.69, 9.17) is 4.74 Å². The number of piperidine rings is 1. The number of amides is 2. The average Bonchev–Trinajstić information content (AvgIpc) is 2.74. The van der Waals surface area contributed by atoms with Crippen molar-refractivity contribution >= 4 is 27.4 Å². The third-order valence-electron chi connectivity index (χ3n) is 6.31. The molecule has 0 spiro atoms. The van der Waals surface area contributed by atoms with Gasteiger partial charge in [-0.05, 0) is 59.1 Å². The highest BCUT2D eigenvalue weighted by molar-refractivity contribution is 7.90. The number of halogens is 1. The fourth-order valence-electron chi connectivity index (χ4n) is 4.48. The van der Waals surface area contributed by atoms with E-state index in [-0.39, 0.29) is 30.0 Å². The third kappa shape index (κ3) is 6.16.